The van der Waals surface area contributed by atoms with Crippen molar-refractivity contribution < 1.29 is 9.32 Å². The van der Waals surface area contributed by atoms with Crippen molar-refractivity contribution in [1.29, 1.82) is 0 Å². The molecule has 0 spiro atoms. The van der Waals surface area contributed by atoms with Gasteiger partial charge in [-0.1, -0.05) is 51.4 Å². The van der Waals surface area contributed by atoms with E-state index >= 15 is 0 Å². The lowest BCUT2D eigenvalue weighted by Gasteiger charge is -2.30. The minimum atomic E-state index is -0.0403. The Bertz CT molecular complexity index is 944. The molecule has 28 heavy (non-hydrogen) atoms. The first-order valence-electron chi connectivity index (χ1n) is 9.34. The predicted molar refractivity (Wildman–Crippen MR) is 111 cm³/mol. The highest BCUT2D eigenvalue weighted by atomic mass is 79.9. The molecule has 0 saturated carbocycles. The van der Waals surface area contributed by atoms with Gasteiger partial charge in [0.2, 0.25) is 17.6 Å². The van der Waals surface area contributed by atoms with Gasteiger partial charge in [-0.2, -0.15) is 4.98 Å². The maximum absolute atomic E-state index is 12.6. The molecule has 7 heteroatoms. The molecule has 1 aliphatic rings. The van der Waals surface area contributed by atoms with Crippen LogP contribution in [-0.4, -0.2) is 34.0 Å². The summed E-state index contributed by atoms with van der Waals surface area (Å²) in [7, 11) is 0. The molecule has 0 bridgehead atoms. The van der Waals surface area contributed by atoms with Gasteiger partial charge in [0.15, 0.2) is 0 Å². The second kappa shape index (κ2) is 8.67. The zero-order valence-corrected chi connectivity index (χ0v) is 16.9. The summed E-state index contributed by atoms with van der Waals surface area (Å²) in [5.41, 5.74) is 1.74. The van der Waals surface area contributed by atoms with E-state index in [9.17, 15) is 4.79 Å². The van der Waals surface area contributed by atoms with Crippen LogP contribution < -0.4 is 5.32 Å². The van der Waals surface area contributed by atoms with Crippen LogP contribution in [0.1, 0.15) is 18.7 Å². The summed E-state index contributed by atoms with van der Waals surface area (Å²) in [6.07, 6.45) is 1.86. The van der Waals surface area contributed by atoms with E-state index < -0.39 is 0 Å². The van der Waals surface area contributed by atoms with E-state index in [1.807, 2.05) is 54.6 Å². The van der Waals surface area contributed by atoms with Crippen LogP contribution in [0.25, 0.3) is 11.4 Å². The minimum absolute atomic E-state index is 0.0403. The number of aromatic nitrogens is 2. The molecule has 1 aliphatic heterocycles. The third-order valence-corrected chi connectivity index (χ3v) is 5.32. The van der Waals surface area contributed by atoms with Crippen molar-refractivity contribution in [3.05, 3.63) is 65.0 Å². The monoisotopic (exact) mass is 440 g/mol. The van der Waals surface area contributed by atoms with Gasteiger partial charge < -0.3 is 9.84 Å². The Morgan fingerprint density at radius 1 is 1.21 bits per heavy atom. The topological polar surface area (TPSA) is 71.3 Å². The van der Waals surface area contributed by atoms with Crippen LogP contribution in [-0.2, 0) is 11.3 Å². The maximum atomic E-state index is 12.6. The Morgan fingerprint density at radius 2 is 2.07 bits per heavy atom. The number of benzene rings is 2. The first-order valence-corrected chi connectivity index (χ1v) is 10.1. The largest absolute Gasteiger partial charge is 0.338 e. The Kier molecular flexibility index (Phi) is 5.83. The minimum Gasteiger partial charge on any atom is -0.338 e. The van der Waals surface area contributed by atoms with Crippen LogP contribution in [0, 0.1) is 5.92 Å². The van der Waals surface area contributed by atoms with Crippen molar-refractivity contribution in [3.63, 3.8) is 0 Å². The molecule has 1 fully saturated rings. The number of likely N-dealkylation sites (tertiary alicyclic amines) is 1. The molecule has 1 saturated heterocycles. The average molecular weight is 441 g/mol. The van der Waals surface area contributed by atoms with Crippen LogP contribution in [0.15, 0.2) is 63.6 Å². The molecule has 1 amide bonds. The normalized spacial score (nSPS) is 17.4. The molecule has 4 rings (SSSR count). The number of hydrogen-bond donors (Lipinski definition) is 1. The van der Waals surface area contributed by atoms with Crippen LogP contribution in [0.4, 0.5) is 5.69 Å². The third kappa shape index (κ3) is 4.66. The lowest BCUT2D eigenvalue weighted by atomic mass is 9.97. The van der Waals surface area contributed by atoms with E-state index in [0.29, 0.717) is 24.8 Å². The molecule has 2 heterocycles. The highest BCUT2D eigenvalue weighted by molar-refractivity contribution is 9.10. The first-order chi connectivity index (χ1) is 13.7. The third-order valence-electron chi connectivity index (χ3n) is 4.83. The molecule has 0 aliphatic carbocycles. The van der Waals surface area contributed by atoms with E-state index in [2.05, 4.69) is 36.3 Å². The molecule has 1 atom stereocenters. The number of halogens is 1. The molecule has 1 unspecified atom stereocenters. The number of nitrogens with one attached hydrogen (secondary N) is 1. The maximum Gasteiger partial charge on any atom is 0.241 e. The molecule has 0 radical (unpaired) electrons. The smallest absolute Gasteiger partial charge is 0.241 e. The van der Waals surface area contributed by atoms with Gasteiger partial charge in [-0.25, -0.2) is 0 Å². The van der Waals surface area contributed by atoms with Gasteiger partial charge in [0.1, 0.15) is 0 Å². The lowest BCUT2D eigenvalue weighted by molar-refractivity contribution is -0.121. The summed E-state index contributed by atoms with van der Waals surface area (Å²) in [5.74, 6) is 1.17. The van der Waals surface area contributed by atoms with E-state index in [0.717, 1.165) is 35.1 Å². The van der Waals surface area contributed by atoms with Crippen molar-refractivity contribution in [3.8, 4) is 11.4 Å². The number of hydrogen-bond acceptors (Lipinski definition) is 5. The number of amides is 1. The van der Waals surface area contributed by atoms with Gasteiger partial charge in [-0.15, -0.1) is 0 Å². The van der Waals surface area contributed by atoms with Crippen LogP contribution in [0.3, 0.4) is 0 Å². The average Bonchev–Trinajstić information content (AvgIpc) is 3.17. The summed E-state index contributed by atoms with van der Waals surface area (Å²) < 4.78 is 6.41. The van der Waals surface area contributed by atoms with Gasteiger partial charge >= 0.3 is 0 Å². The molecule has 1 N–H and O–H groups in total. The highest BCUT2D eigenvalue weighted by Gasteiger charge is 2.27. The second-order valence-corrected chi connectivity index (χ2v) is 7.87. The van der Waals surface area contributed by atoms with Crippen LogP contribution >= 0.6 is 15.9 Å². The number of nitrogens with zero attached hydrogens (tertiary/aromatic N) is 3. The molecule has 144 valence electrons. The van der Waals surface area contributed by atoms with Gasteiger partial charge in [0.25, 0.3) is 0 Å². The van der Waals surface area contributed by atoms with E-state index in [-0.39, 0.29) is 11.8 Å². The fraction of sp³-hybridized carbons (Fsp3) is 0.286. The highest BCUT2D eigenvalue weighted by Crippen LogP contribution is 2.23. The fourth-order valence-electron chi connectivity index (χ4n) is 3.43. The SMILES string of the molecule is O=C(Nc1ccccc1)C1CCCN(Cc2nc(-c3cccc(Br)c3)no2)C1. The van der Waals surface area contributed by atoms with E-state index in [4.69, 9.17) is 4.52 Å². The standard InChI is InChI=1S/C21H21BrN4O2/c22-17-8-4-6-15(12-17)20-24-19(28-25-20)14-26-11-5-7-16(13-26)21(27)23-18-9-2-1-3-10-18/h1-4,6,8-10,12,16H,5,7,11,13-14H2,(H,23,27). The van der Waals surface area contributed by atoms with E-state index in [1.54, 1.807) is 0 Å². The number of anilines is 1. The Morgan fingerprint density at radius 3 is 2.89 bits per heavy atom. The Labute approximate surface area is 172 Å². The number of carbonyl (C=O) groups excluding carboxylic acids is 1. The van der Waals surface area contributed by atoms with Crippen molar-refractivity contribution >= 4 is 27.5 Å². The quantitative estimate of drug-likeness (QED) is 0.638. The van der Waals surface area contributed by atoms with Gasteiger partial charge in [-0.05, 0) is 43.7 Å². The summed E-state index contributed by atoms with van der Waals surface area (Å²) in [6, 6.07) is 17.4. The Balaban J connectivity index is 1.37. The Hall–Kier alpha value is -2.51. The lowest BCUT2D eigenvalue weighted by Crippen LogP contribution is -2.40. The molecular formula is C21H21BrN4O2. The fourth-order valence-corrected chi connectivity index (χ4v) is 3.83. The van der Waals surface area contributed by atoms with Gasteiger partial charge in [0.05, 0.1) is 12.5 Å². The summed E-state index contributed by atoms with van der Waals surface area (Å²) in [6.45, 7) is 2.16. The van der Waals surface area contributed by atoms with Crippen molar-refractivity contribution in [1.82, 2.24) is 15.0 Å². The van der Waals surface area contributed by atoms with Crippen molar-refractivity contribution in [2.24, 2.45) is 5.92 Å². The van der Waals surface area contributed by atoms with E-state index in [1.165, 1.54) is 0 Å². The molecule has 2 aromatic carbocycles. The van der Waals surface area contributed by atoms with Gasteiger partial charge in [-0.3, -0.25) is 9.69 Å². The zero-order valence-electron chi connectivity index (χ0n) is 15.3. The number of rotatable bonds is 5. The zero-order chi connectivity index (χ0) is 19.3. The number of para-hydroxylation sites is 1. The molecular weight excluding hydrogens is 420 g/mol. The van der Waals surface area contributed by atoms with Crippen molar-refractivity contribution in [2.75, 3.05) is 18.4 Å². The summed E-state index contributed by atoms with van der Waals surface area (Å²) in [4.78, 5) is 19.3. The number of carbonyl (C=O) groups is 1. The van der Waals surface area contributed by atoms with Crippen molar-refractivity contribution in [2.45, 2.75) is 19.4 Å². The first kappa shape index (κ1) is 18.8. The second-order valence-electron chi connectivity index (χ2n) is 6.95. The van der Waals surface area contributed by atoms with Gasteiger partial charge in [0, 0.05) is 22.3 Å². The number of piperidine rings is 1. The molecule has 3 aromatic rings. The predicted octanol–water partition coefficient (Wildman–Crippen LogP) is 4.35. The summed E-state index contributed by atoms with van der Waals surface area (Å²) in [5, 5.41) is 7.10. The summed E-state index contributed by atoms with van der Waals surface area (Å²) >= 11 is 3.46. The van der Waals surface area contributed by atoms with Crippen LogP contribution in [0.2, 0.25) is 0 Å². The molecule has 6 nitrogen and oxygen atoms in total. The molecule has 1 aromatic heterocycles. The van der Waals surface area contributed by atoms with Crippen LogP contribution in [0.5, 0.6) is 0 Å².